The van der Waals surface area contributed by atoms with E-state index in [1.165, 1.54) is 17.7 Å². The van der Waals surface area contributed by atoms with E-state index in [2.05, 4.69) is 30.1 Å². The maximum Gasteiger partial charge on any atom is 0.123 e. The molecule has 0 bridgehead atoms. The summed E-state index contributed by atoms with van der Waals surface area (Å²) in [4.78, 5) is 2.46. The Bertz CT molecular complexity index is 513. The number of aliphatic hydroxyl groups is 1. The van der Waals surface area contributed by atoms with Crippen LogP contribution in [0.1, 0.15) is 39.2 Å². The second-order valence-corrected chi connectivity index (χ2v) is 7.02. The third kappa shape index (κ3) is 5.72. The molecule has 1 unspecified atom stereocenters. The zero-order chi connectivity index (χ0) is 16.9. The van der Waals surface area contributed by atoms with Crippen LogP contribution in [0.3, 0.4) is 0 Å². The Morgan fingerprint density at radius 3 is 2.48 bits per heavy atom. The fraction of sp³-hybridized carbons (Fsp3) is 0.579. The van der Waals surface area contributed by atoms with Crippen LogP contribution in [0.25, 0.3) is 0 Å². The van der Waals surface area contributed by atoms with Crippen LogP contribution in [0.4, 0.5) is 4.39 Å². The minimum Gasteiger partial charge on any atom is -0.384 e. The van der Waals surface area contributed by atoms with E-state index in [9.17, 15) is 9.50 Å². The van der Waals surface area contributed by atoms with Gasteiger partial charge in [-0.05, 0) is 64.4 Å². The molecule has 23 heavy (non-hydrogen) atoms. The maximum atomic E-state index is 13.0. The van der Waals surface area contributed by atoms with Crippen molar-refractivity contribution in [2.75, 3.05) is 26.2 Å². The second kappa shape index (κ2) is 8.04. The van der Waals surface area contributed by atoms with Gasteiger partial charge in [-0.3, -0.25) is 4.90 Å². The number of halogens is 1. The highest BCUT2D eigenvalue weighted by atomic mass is 19.1. The molecule has 1 heterocycles. The average Bonchev–Trinajstić information content (AvgIpc) is 2.52. The van der Waals surface area contributed by atoms with E-state index in [1.807, 2.05) is 0 Å². The summed E-state index contributed by atoms with van der Waals surface area (Å²) in [7, 11) is 0. The van der Waals surface area contributed by atoms with E-state index in [0.717, 1.165) is 38.0 Å². The largest absolute Gasteiger partial charge is 0.384 e. The van der Waals surface area contributed by atoms with Crippen LogP contribution in [-0.4, -0.2) is 42.2 Å². The van der Waals surface area contributed by atoms with E-state index in [0.29, 0.717) is 12.6 Å². The van der Waals surface area contributed by atoms with Gasteiger partial charge in [0.2, 0.25) is 0 Å². The minimum atomic E-state index is -0.979. The van der Waals surface area contributed by atoms with Gasteiger partial charge < -0.3 is 10.4 Å². The third-order valence-corrected chi connectivity index (χ3v) is 4.55. The van der Waals surface area contributed by atoms with Gasteiger partial charge in [0, 0.05) is 19.1 Å². The first-order valence-electron chi connectivity index (χ1n) is 8.44. The standard InChI is InChI=1S/C19H29FN2O/c1-15(2)8-11-22-12-9-18(10-13-22)21-14-19(3,23)16-4-6-17(20)7-5-16/h4-8,18,21,23H,9-14H2,1-3H3. The van der Waals surface area contributed by atoms with E-state index in [1.54, 1.807) is 19.1 Å². The predicted octanol–water partition coefficient (Wildman–Crippen LogP) is 3.05. The number of hydrogen-bond donors (Lipinski definition) is 2. The van der Waals surface area contributed by atoms with E-state index >= 15 is 0 Å². The first-order chi connectivity index (χ1) is 10.9. The van der Waals surface area contributed by atoms with Gasteiger partial charge in [-0.1, -0.05) is 23.8 Å². The molecule has 128 valence electrons. The molecule has 1 aliphatic rings. The fourth-order valence-electron chi connectivity index (χ4n) is 2.89. The summed E-state index contributed by atoms with van der Waals surface area (Å²) >= 11 is 0. The smallest absolute Gasteiger partial charge is 0.123 e. The Kier molecular flexibility index (Phi) is 6.33. The molecule has 4 heteroatoms. The monoisotopic (exact) mass is 320 g/mol. The lowest BCUT2D eigenvalue weighted by molar-refractivity contribution is 0.0504. The lowest BCUT2D eigenvalue weighted by Crippen LogP contribution is -2.46. The molecule has 1 atom stereocenters. The molecule has 0 aromatic heterocycles. The number of hydrogen-bond acceptors (Lipinski definition) is 3. The highest BCUT2D eigenvalue weighted by Gasteiger charge is 2.25. The molecule has 2 rings (SSSR count). The summed E-state index contributed by atoms with van der Waals surface area (Å²) in [5.74, 6) is -0.277. The summed E-state index contributed by atoms with van der Waals surface area (Å²) in [6.07, 6.45) is 4.46. The van der Waals surface area contributed by atoms with Crippen LogP contribution >= 0.6 is 0 Å². The number of rotatable bonds is 6. The molecule has 0 saturated carbocycles. The van der Waals surface area contributed by atoms with Crippen LogP contribution in [-0.2, 0) is 5.60 Å². The van der Waals surface area contributed by atoms with Crippen molar-refractivity contribution in [1.29, 1.82) is 0 Å². The van der Waals surface area contributed by atoms with Gasteiger partial charge in [0.05, 0.1) is 5.60 Å². The Labute approximate surface area is 139 Å². The van der Waals surface area contributed by atoms with Gasteiger partial charge in [0.15, 0.2) is 0 Å². The molecule has 0 spiro atoms. The van der Waals surface area contributed by atoms with Crippen molar-refractivity contribution in [3.63, 3.8) is 0 Å². The van der Waals surface area contributed by atoms with E-state index in [4.69, 9.17) is 0 Å². The number of likely N-dealkylation sites (tertiary alicyclic amines) is 1. The molecule has 0 aliphatic carbocycles. The first kappa shape index (κ1) is 18.1. The van der Waals surface area contributed by atoms with Crippen molar-refractivity contribution in [3.05, 3.63) is 47.3 Å². The zero-order valence-corrected chi connectivity index (χ0v) is 14.5. The SMILES string of the molecule is CC(C)=CCN1CCC(NCC(C)(O)c2ccc(F)cc2)CC1. The molecule has 0 radical (unpaired) electrons. The van der Waals surface area contributed by atoms with Crippen molar-refractivity contribution < 1.29 is 9.50 Å². The molecule has 1 fully saturated rings. The van der Waals surface area contributed by atoms with Crippen molar-refractivity contribution in [1.82, 2.24) is 10.2 Å². The average molecular weight is 320 g/mol. The lowest BCUT2D eigenvalue weighted by atomic mass is 9.95. The van der Waals surface area contributed by atoms with Gasteiger partial charge in [-0.25, -0.2) is 4.39 Å². The topological polar surface area (TPSA) is 35.5 Å². The summed E-state index contributed by atoms with van der Waals surface area (Å²) < 4.78 is 13.0. The summed E-state index contributed by atoms with van der Waals surface area (Å²) in [6, 6.07) is 6.53. The Hall–Kier alpha value is -1.23. The van der Waals surface area contributed by atoms with Crippen LogP contribution in [0, 0.1) is 5.82 Å². The van der Waals surface area contributed by atoms with Gasteiger partial charge in [-0.2, -0.15) is 0 Å². The zero-order valence-electron chi connectivity index (χ0n) is 14.5. The minimum absolute atomic E-state index is 0.277. The highest BCUT2D eigenvalue weighted by Crippen LogP contribution is 2.21. The molecule has 1 aromatic carbocycles. The fourth-order valence-corrected chi connectivity index (χ4v) is 2.89. The molecular weight excluding hydrogens is 291 g/mol. The second-order valence-electron chi connectivity index (χ2n) is 7.02. The number of nitrogens with zero attached hydrogens (tertiary/aromatic N) is 1. The summed E-state index contributed by atoms with van der Waals surface area (Å²) in [5, 5.41) is 14.1. The Morgan fingerprint density at radius 2 is 1.91 bits per heavy atom. The molecule has 1 aliphatic heterocycles. The van der Waals surface area contributed by atoms with Crippen LogP contribution in [0.2, 0.25) is 0 Å². The predicted molar refractivity (Wildman–Crippen MR) is 92.9 cm³/mol. The quantitative estimate of drug-likeness (QED) is 0.791. The van der Waals surface area contributed by atoms with Crippen molar-refractivity contribution >= 4 is 0 Å². The van der Waals surface area contributed by atoms with Crippen LogP contribution in [0.15, 0.2) is 35.9 Å². The number of benzene rings is 1. The normalized spacial score (nSPS) is 19.3. The number of piperidine rings is 1. The first-order valence-corrected chi connectivity index (χ1v) is 8.44. The van der Waals surface area contributed by atoms with E-state index in [-0.39, 0.29) is 5.82 Å². The van der Waals surface area contributed by atoms with E-state index < -0.39 is 5.60 Å². The van der Waals surface area contributed by atoms with Crippen LogP contribution in [0.5, 0.6) is 0 Å². The van der Waals surface area contributed by atoms with Crippen LogP contribution < -0.4 is 5.32 Å². The lowest BCUT2D eigenvalue weighted by Gasteiger charge is -2.34. The molecular formula is C19H29FN2O. The highest BCUT2D eigenvalue weighted by molar-refractivity contribution is 5.22. The van der Waals surface area contributed by atoms with Gasteiger partial charge in [-0.15, -0.1) is 0 Å². The van der Waals surface area contributed by atoms with Crippen molar-refractivity contribution in [2.24, 2.45) is 0 Å². The summed E-state index contributed by atoms with van der Waals surface area (Å²) in [5.41, 5.74) is 1.13. The van der Waals surface area contributed by atoms with Gasteiger partial charge in [0.1, 0.15) is 5.82 Å². The molecule has 2 N–H and O–H groups in total. The molecule has 1 saturated heterocycles. The molecule has 1 aromatic rings. The summed E-state index contributed by atoms with van der Waals surface area (Å²) in [6.45, 7) is 9.72. The molecule has 3 nitrogen and oxygen atoms in total. The maximum absolute atomic E-state index is 13.0. The Balaban J connectivity index is 1.78. The number of allylic oxidation sites excluding steroid dienone is 1. The number of nitrogens with one attached hydrogen (secondary N) is 1. The van der Waals surface area contributed by atoms with Crippen molar-refractivity contribution in [3.8, 4) is 0 Å². The Morgan fingerprint density at radius 1 is 1.30 bits per heavy atom. The molecule has 0 amide bonds. The van der Waals surface area contributed by atoms with Gasteiger partial charge in [0.25, 0.3) is 0 Å². The third-order valence-electron chi connectivity index (χ3n) is 4.55. The van der Waals surface area contributed by atoms with Crippen molar-refractivity contribution in [2.45, 2.75) is 45.3 Å². The van der Waals surface area contributed by atoms with Gasteiger partial charge >= 0.3 is 0 Å².